The highest BCUT2D eigenvalue weighted by molar-refractivity contribution is 6.35. The van der Waals surface area contributed by atoms with Gasteiger partial charge in [0.25, 0.3) is 11.8 Å². The summed E-state index contributed by atoms with van der Waals surface area (Å²) in [6.45, 7) is 0. The Morgan fingerprint density at radius 2 is 1.90 bits per heavy atom. The second-order valence-corrected chi connectivity index (χ2v) is 6.42. The van der Waals surface area contributed by atoms with Crippen LogP contribution in [0.1, 0.15) is 21.7 Å². The number of carbonyl (C=O) groups is 3. The summed E-state index contributed by atoms with van der Waals surface area (Å²) in [6.07, 6.45) is 3.17. The standard InChI is InChI=1S/C22H17N3O5/c1-29-15-7-4-13(5-8-15)20(26)25-22(28)23-14-6-9-17-18(12-16-3-2-10-30-16)21(27)24-19(17)11-14/h2-12H,1H3,(H,24,27)(H2,23,25,26,28)/b18-12+. The minimum absolute atomic E-state index is 0.266. The van der Waals surface area contributed by atoms with Crippen molar-refractivity contribution >= 4 is 40.9 Å². The number of benzene rings is 2. The Bertz CT molecular complexity index is 1150. The summed E-state index contributed by atoms with van der Waals surface area (Å²) in [5.41, 5.74) is 2.45. The van der Waals surface area contributed by atoms with Gasteiger partial charge in [-0.15, -0.1) is 0 Å². The molecular weight excluding hydrogens is 386 g/mol. The lowest BCUT2D eigenvalue weighted by atomic mass is 10.1. The van der Waals surface area contributed by atoms with Crippen LogP contribution in [0.4, 0.5) is 16.2 Å². The normalized spacial score (nSPS) is 13.5. The molecule has 8 heteroatoms. The van der Waals surface area contributed by atoms with E-state index in [2.05, 4.69) is 16.0 Å². The monoisotopic (exact) mass is 403 g/mol. The van der Waals surface area contributed by atoms with E-state index in [0.29, 0.717) is 39.6 Å². The van der Waals surface area contributed by atoms with E-state index >= 15 is 0 Å². The molecule has 0 atom stereocenters. The van der Waals surface area contributed by atoms with Gasteiger partial charge in [-0.1, -0.05) is 6.07 Å². The fourth-order valence-corrected chi connectivity index (χ4v) is 3.01. The molecule has 0 saturated carbocycles. The van der Waals surface area contributed by atoms with Crippen molar-refractivity contribution in [2.24, 2.45) is 0 Å². The average molecular weight is 403 g/mol. The number of methoxy groups -OCH3 is 1. The molecule has 0 radical (unpaired) electrons. The van der Waals surface area contributed by atoms with E-state index in [1.807, 2.05) is 0 Å². The van der Waals surface area contributed by atoms with Crippen LogP contribution in [0.3, 0.4) is 0 Å². The SMILES string of the molecule is COc1ccc(C(=O)NC(=O)Nc2ccc3c(c2)NC(=O)/C3=C/c2ccco2)cc1. The molecule has 0 unspecified atom stereocenters. The topological polar surface area (TPSA) is 110 Å². The Morgan fingerprint density at radius 1 is 1.10 bits per heavy atom. The van der Waals surface area contributed by atoms with Crippen molar-refractivity contribution in [2.75, 3.05) is 17.7 Å². The van der Waals surface area contributed by atoms with Gasteiger partial charge in [-0.25, -0.2) is 4.79 Å². The van der Waals surface area contributed by atoms with E-state index < -0.39 is 11.9 Å². The molecule has 4 rings (SSSR count). The Balaban J connectivity index is 1.44. The molecule has 150 valence electrons. The number of rotatable bonds is 4. The van der Waals surface area contributed by atoms with Crippen LogP contribution in [0.15, 0.2) is 65.3 Å². The number of ether oxygens (including phenoxy) is 1. The summed E-state index contributed by atoms with van der Waals surface area (Å²) >= 11 is 0. The molecule has 30 heavy (non-hydrogen) atoms. The largest absolute Gasteiger partial charge is 0.497 e. The second kappa shape index (κ2) is 7.96. The number of urea groups is 1. The summed E-state index contributed by atoms with van der Waals surface area (Å²) in [7, 11) is 1.53. The molecular formula is C22H17N3O5. The van der Waals surface area contributed by atoms with Gasteiger partial charge in [-0.3, -0.25) is 14.9 Å². The third-order valence-electron chi connectivity index (χ3n) is 4.47. The molecule has 2 aromatic carbocycles. The van der Waals surface area contributed by atoms with Gasteiger partial charge in [-0.2, -0.15) is 0 Å². The van der Waals surface area contributed by atoms with E-state index in [0.717, 1.165) is 0 Å². The Hall–Kier alpha value is -4.33. The third-order valence-corrected chi connectivity index (χ3v) is 4.47. The zero-order valence-electron chi connectivity index (χ0n) is 15.9. The Labute approximate surface area is 171 Å². The van der Waals surface area contributed by atoms with Gasteiger partial charge in [0.15, 0.2) is 0 Å². The Kier molecular flexibility index (Phi) is 5.04. The number of imide groups is 1. The van der Waals surface area contributed by atoms with Crippen LogP contribution >= 0.6 is 0 Å². The van der Waals surface area contributed by atoms with Crippen LogP contribution in [0.25, 0.3) is 11.6 Å². The lowest BCUT2D eigenvalue weighted by Gasteiger charge is -2.08. The van der Waals surface area contributed by atoms with Gasteiger partial charge in [0.05, 0.1) is 24.6 Å². The van der Waals surface area contributed by atoms with Crippen LogP contribution in [-0.2, 0) is 4.79 Å². The molecule has 0 fully saturated rings. The van der Waals surface area contributed by atoms with Gasteiger partial charge < -0.3 is 19.8 Å². The third kappa shape index (κ3) is 3.93. The van der Waals surface area contributed by atoms with Gasteiger partial charge in [0.2, 0.25) is 0 Å². The molecule has 4 amide bonds. The van der Waals surface area contributed by atoms with Crippen molar-refractivity contribution in [2.45, 2.75) is 0 Å². The second-order valence-electron chi connectivity index (χ2n) is 6.42. The number of fused-ring (bicyclic) bond motifs is 1. The summed E-state index contributed by atoms with van der Waals surface area (Å²) in [5.74, 6) is 0.356. The number of hydrogen-bond acceptors (Lipinski definition) is 5. The first kappa shape index (κ1) is 19.0. The van der Waals surface area contributed by atoms with Crippen LogP contribution in [0, 0.1) is 0 Å². The highest BCUT2D eigenvalue weighted by Gasteiger charge is 2.25. The van der Waals surface area contributed by atoms with Crippen molar-refractivity contribution in [3.05, 3.63) is 77.7 Å². The maximum Gasteiger partial charge on any atom is 0.326 e. The first-order valence-electron chi connectivity index (χ1n) is 9.01. The number of amides is 4. The number of anilines is 2. The minimum Gasteiger partial charge on any atom is -0.497 e. The van der Waals surface area contributed by atoms with Crippen molar-refractivity contribution < 1.29 is 23.5 Å². The van der Waals surface area contributed by atoms with Crippen LogP contribution in [0.2, 0.25) is 0 Å². The highest BCUT2D eigenvalue weighted by Crippen LogP contribution is 2.35. The summed E-state index contributed by atoms with van der Waals surface area (Å²) in [4.78, 5) is 36.6. The minimum atomic E-state index is -0.688. The quantitative estimate of drug-likeness (QED) is 0.575. The van der Waals surface area contributed by atoms with Crippen molar-refractivity contribution in [3.8, 4) is 5.75 Å². The van der Waals surface area contributed by atoms with Crippen LogP contribution in [-0.4, -0.2) is 25.0 Å². The molecule has 0 saturated heterocycles. The average Bonchev–Trinajstić information content (AvgIpc) is 3.36. The lowest BCUT2D eigenvalue weighted by Crippen LogP contribution is -2.34. The molecule has 3 N–H and O–H groups in total. The van der Waals surface area contributed by atoms with Gasteiger partial charge in [0.1, 0.15) is 11.5 Å². The van der Waals surface area contributed by atoms with Gasteiger partial charge in [-0.05, 0) is 54.6 Å². The summed E-state index contributed by atoms with van der Waals surface area (Å²) in [6, 6.07) is 14.1. The molecule has 1 aromatic heterocycles. The van der Waals surface area contributed by atoms with Crippen molar-refractivity contribution in [3.63, 3.8) is 0 Å². The smallest absolute Gasteiger partial charge is 0.326 e. The predicted molar refractivity (Wildman–Crippen MR) is 111 cm³/mol. The van der Waals surface area contributed by atoms with Crippen LogP contribution < -0.4 is 20.7 Å². The first-order chi connectivity index (χ1) is 14.5. The highest BCUT2D eigenvalue weighted by atomic mass is 16.5. The molecule has 0 bridgehead atoms. The first-order valence-corrected chi connectivity index (χ1v) is 9.01. The molecule has 3 aromatic rings. The van der Waals surface area contributed by atoms with E-state index in [-0.39, 0.29) is 5.91 Å². The molecule has 0 aliphatic carbocycles. The van der Waals surface area contributed by atoms with Crippen LogP contribution in [0.5, 0.6) is 5.75 Å². The van der Waals surface area contributed by atoms with E-state index in [4.69, 9.17) is 9.15 Å². The molecule has 0 spiro atoms. The van der Waals surface area contributed by atoms with Crippen molar-refractivity contribution in [1.29, 1.82) is 0 Å². The van der Waals surface area contributed by atoms with E-state index in [9.17, 15) is 14.4 Å². The van der Waals surface area contributed by atoms with Gasteiger partial charge >= 0.3 is 6.03 Å². The lowest BCUT2D eigenvalue weighted by molar-refractivity contribution is -0.110. The number of furan rings is 1. The summed E-state index contributed by atoms with van der Waals surface area (Å²) in [5, 5.41) is 7.59. The molecule has 1 aliphatic rings. The molecule has 1 aliphatic heterocycles. The Morgan fingerprint density at radius 3 is 2.60 bits per heavy atom. The zero-order valence-corrected chi connectivity index (χ0v) is 15.9. The number of hydrogen-bond donors (Lipinski definition) is 3. The van der Waals surface area contributed by atoms with E-state index in [1.165, 1.54) is 13.4 Å². The maximum atomic E-state index is 12.3. The predicted octanol–water partition coefficient (Wildman–Crippen LogP) is 3.74. The maximum absolute atomic E-state index is 12.3. The van der Waals surface area contributed by atoms with E-state index in [1.54, 1.807) is 60.7 Å². The fraction of sp³-hybridized carbons (Fsp3) is 0.0455. The number of nitrogens with one attached hydrogen (secondary N) is 3. The number of carbonyl (C=O) groups excluding carboxylic acids is 3. The fourth-order valence-electron chi connectivity index (χ4n) is 3.01. The summed E-state index contributed by atoms with van der Waals surface area (Å²) < 4.78 is 10.3. The van der Waals surface area contributed by atoms with Crippen molar-refractivity contribution in [1.82, 2.24) is 5.32 Å². The van der Waals surface area contributed by atoms with Gasteiger partial charge in [0, 0.05) is 16.8 Å². The molecule has 8 nitrogen and oxygen atoms in total. The molecule has 2 heterocycles. The zero-order chi connectivity index (χ0) is 21.1.